The van der Waals surface area contributed by atoms with Gasteiger partial charge in [-0.05, 0) is 0 Å². The molecule has 0 aliphatic carbocycles. The molecule has 0 aliphatic rings. The van der Waals surface area contributed by atoms with Gasteiger partial charge in [-0.1, -0.05) is 15.9 Å². The lowest BCUT2D eigenvalue weighted by atomic mass is 10.4. The van der Waals surface area contributed by atoms with Gasteiger partial charge in [-0.15, -0.1) is 0 Å². The van der Waals surface area contributed by atoms with Crippen LogP contribution in [-0.2, 0) is 11.3 Å². The highest BCUT2D eigenvalue weighted by Gasteiger charge is 2.08. The number of H-pyrrole nitrogens is 1. The highest BCUT2D eigenvalue weighted by atomic mass is 79.9. The third-order valence-electron chi connectivity index (χ3n) is 1.59. The predicted octanol–water partition coefficient (Wildman–Crippen LogP) is 0.548. The van der Waals surface area contributed by atoms with Gasteiger partial charge < -0.3 is 4.90 Å². The highest BCUT2D eigenvalue weighted by Crippen LogP contribution is 1.98. The zero-order valence-corrected chi connectivity index (χ0v) is 8.91. The molecule has 0 saturated carbocycles. The fraction of sp³-hybridized carbons (Fsp3) is 0.571. The van der Waals surface area contributed by atoms with Gasteiger partial charge in [0.2, 0.25) is 5.91 Å². The van der Waals surface area contributed by atoms with Crippen LogP contribution < -0.4 is 0 Å². The minimum Gasteiger partial charge on any atom is -0.338 e. The van der Waals surface area contributed by atoms with Gasteiger partial charge in [-0.2, -0.15) is 5.10 Å². The van der Waals surface area contributed by atoms with Crippen molar-refractivity contribution < 1.29 is 4.79 Å². The van der Waals surface area contributed by atoms with Crippen LogP contribution in [0.5, 0.6) is 0 Å². The lowest BCUT2D eigenvalue weighted by molar-refractivity contribution is -0.130. The number of halogens is 1. The molecule has 0 radical (unpaired) electrons. The van der Waals surface area contributed by atoms with Crippen LogP contribution >= 0.6 is 15.9 Å². The van der Waals surface area contributed by atoms with E-state index in [1.165, 1.54) is 6.33 Å². The van der Waals surface area contributed by atoms with Crippen LogP contribution in [0.25, 0.3) is 0 Å². The number of nitrogens with one attached hydrogen (secondary N) is 1. The quantitative estimate of drug-likeness (QED) is 0.790. The number of aromatic nitrogens is 3. The average molecular weight is 247 g/mol. The Morgan fingerprint density at radius 3 is 3.08 bits per heavy atom. The molecule has 1 aromatic heterocycles. The molecule has 1 aromatic rings. The zero-order valence-electron chi connectivity index (χ0n) is 7.33. The lowest BCUT2D eigenvalue weighted by Crippen LogP contribution is -2.26. The number of rotatable bonds is 4. The molecule has 1 rings (SSSR count). The first-order valence-electron chi connectivity index (χ1n) is 3.88. The van der Waals surface area contributed by atoms with Crippen molar-refractivity contribution in [2.75, 3.05) is 12.4 Å². The number of hydrogen-bond acceptors (Lipinski definition) is 3. The maximum Gasteiger partial charge on any atom is 0.223 e. The standard InChI is InChI=1S/C7H11BrN4O/c1-12(7(13)2-3-8)4-6-9-5-10-11-6/h5H,2-4H2,1H3,(H,9,10,11). The predicted molar refractivity (Wildman–Crippen MR) is 51.3 cm³/mol. The molecule has 72 valence electrons. The van der Waals surface area contributed by atoms with Crippen molar-refractivity contribution in [3.63, 3.8) is 0 Å². The zero-order chi connectivity index (χ0) is 9.68. The summed E-state index contributed by atoms with van der Waals surface area (Å²) in [5.41, 5.74) is 0. The Hall–Kier alpha value is -0.910. The van der Waals surface area contributed by atoms with Crippen LogP contribution in [0.3, 0.4) is 0 Å². The van der Waals surface area contributed by atoms with Gasteiger partial charge in [0.25, 0.3) is 0 Å². The third kappa shape index (κ3) is 3.14. The van der Waals surface area contributed by atoms with Crippen molar-refractivity contribution in [1.82, 2.24) is 20.1 Å². The van der Waals surface area contributed by atoms with Crippen molar-refractivity contribution in [3.05, 3.63) is 12.2 Å². The number of nitrogens with zero attached hydrogens (tertiary/aromatic N) is 3. The van der Waals surface area contributed by atoms with Crippen LogP contribution in [0.15, 0.2) is 6.33 Å². The fourth-order valence-electron chi connectivity index (χ4n) is 0.892. The largest absolute Gasteiger partial charge is 0.338 e. The van der Waals surface area contributed by atoms with Gasteiger partial charge >= 0.3 is 0 Å². The third-order valence-corrected chi connectivity index (χ3v) is 1.98. The molecule has 0 aromatic carbocycles. The van der Waals surface area contributed by atoms with E-state index in [4.69, 9.17) is 0 Å². The van der Waals surface area contributed by atoms with Crippen LogP contribution in [0, 0.1) is 0 Å². The Labute approximate surface area is 84.7 Å². The van der Waals surface area contributed by atoms with Crippen molar-refractivity contribution in [2.45, 2.75) is 13.0 Å². The smallest absolute Gasteiger partial charge is 0.223 e. The normalized spacial score (nSPS) is 10.0. The minimum absolute atomic E-state index is 0.0910. The Kier molecular flexibility index (Phi) is 3.88. The number of aromatic amines is 1. The van der Waals surface area contributed by atoms with Crippen molar-refractivity contribution in [1.29, 1.82) is 0 Å². The van der Waals surface area contributed by atoms with Crippen LogP contribution in [-0.4, -0.2) is 38.4 Å². The molecule has 1 amide bonds. The minimum atomic E-state index is 0.0910. The van der Waals surface area contributed by atoms with Crippen molar-refractivity contribution >= 4 is 21.8 Å². The van der Waals surface area contributed by atoms with Crippen molar-refractivity contribution in [2.24, 2.45) is 0 Å². The summed E-state index contributed by atoms with van der Waals surface area (Å²) in [6.07, 6.45) is 1.93. The van der Waals surface area contributed by atoms with E-state index < -0.39 is 0 Å². The molecule has 0 unspecified atom stereocenters. The van der Waals surface area contributed by atoms with Gasteiger partial charge in [0.05, 0.1) is 6.54 Å². The molecule has 13 heavy (non-hydrogen) atoms. The molecule has 0 atom stereocenters. The van der Waals surface area contributed by atoms with Crippen LogP contribution in [0.4, 0.5) is 0 Å². The number of alkyl halides is 1. The topological polar surface area (TPSA) is 61.9 Å². The van der Waals surface area contributed by atoms with Crippen LogP contribution in [0.1, 0.15) is 12.2 Å². The molecule has 6 heteroatoms. The Bertz CT molecular complexity index is 261. The summed E-state index contributed by atoms with van der Waals surface area (Å²) >= 11 is 3.21. The number of hydrogen-bond donors (Lipinski definition) is 1. The van der Waals surface area contributed by atoms with E-state index in [0.717, 1.165) is 0 Å². The second-order valence-electron chi connectivity index (χ2n) is 2.62. The number of carbonyl (C=O) groups excluding carboxylic acids is 1. The second kappa shape index (κ2) is 4.96. The Morgan fingerprint density at radius 1 is 1.77 bits per heavy atom. The Morgan fingerprint density at radius 2 is 2.54 bits per heavy atom. The van der Waals surface area contributed by atoms with E-state index in [1.54, 1.807) is 11.9 Å². The summed E-state index contributed by atoms with van der Waals surface area (Å²) in [5, 5.41) is 7.08. The van der Waals surface area contributed by atoms with Crippen LogP contribution in [0.2, 0.25) is 0 Å². The first kappa shape index (κ1) is 10.2. The first-order valence-corrected chi connectivity index (χ1v) is 5.00. The molecular formula is C7H11BrN4O. The van der Waals surface area contributed by atoms with E-state index in [0.29, 0.717) is 24.1 Å². The molecular weight excluding hydrogens is 236 g/mol. The summed E-state index contributed by atoms with van der Waals surface area (Å²) in [5.74, 6) is 0.790. The fourth-order valence-corrected chi connectivity index (χ4v) is 1.23. The van der Waals surface area contributed by atoms with E-state index in [9.17, 15) is 4.79 Å². The van der Waals surface area contributed by atoms with Gasteiger partial charge in [0, 0.05) is 18.8 Å². The number of carbonyl (C=O) groups is 1. The van der Waals surface area contributed by atoms with Gasteiger partial charge in [-0.25, -0.2) is 4.98 Å². The summed E-state index contributed by atoms with van der Waals surface area (Å²) in [6.45, 7) is 0.478. The van der Waals surface area contributed by atoms with Gasteiger partial charge in [0.1, 0.15) is 12.2 Å². The molecule has 0 bridgehead atoms. The SMILES string of the molecule is CN(Cc1ncn[nH]1)C(=O)CCBr. The van der Waals surface area contributed by atoms with E-state index in [1.807, 2.05) is 0 Å². The summed E-state index contributed by atoms with van der Waals surface area (Å²) in [4.78, 5) is 16.8. The molecule has 5 nitrogen and oxygen atoms in total. The van der Waals surface area contributed by atoms with Gasteiger partial charge in [0.15, 0.2) is 0 Å². The number of amides is 1. The second-order valence-corrected chi connectivity index (χ2v) is 3.41. The summed E-state index contributed by atoms with van der Waals surface area (Å²) < 4.78 is 0. The molecule has 1 N–H and O–H groups in total. The first-order chi connectivity index (χ1) is 6.24. The van der Waals surface area contributed by atoms with E-state index in [2.05, 4.69) is 31.1 Å². The highest BCUT2D eigenvalue weighted by molar-refractivity contribution is 9.09. The molecule has 0 aliphatic heterocycles. The molecule has 0 fully saturated rings. The molecule has 0 saturated heterocycles. The summed E-state index contributed by atoms with van der Waals surface area (Å²) in [6, 6.07) is 0. The monoisotopic (exact) mass is 246 g/mol. The average Bonchev–Trinajstić information content (AvgIpc) is 2.57. The Balaban J connectivity index is 2.41. The summed E-state index contributed by atoms with van der Waals surface area (Å²) in [7, 11) is 1.74. The van der Waals surface area contributed by atoms with Crippen molar-refractivity contribution in [3.8, 4) is 0 Å². The molecule has 1 heterocycles. The lowest BCUT2D eigenvalue weighted by Gasteiger charge is -2.14. The maximum atomic E-state index is 11.3. The maximum absolute atomic E-state index is 11.3. The van der Waals surface area contributed by atoms with E-state index >= 15 is 0 Å². The van der Waals surface area contributed by atoms with Gasteiger partial charge in [-0.3, -0.25) is 9.89 Å². The molecule has 0 spiro atoms. The van der Waals surface area contributed by atoms with E-state index in [-0.39, 0.29) is 5.91 Å².